The topological polar surface area (TPSA) is 78.5 Å². The van der Waals surface area contributed by atoms with Crippen molar-refractivity contribution in [3.05, 3.63) is 93.5 Å². The lowest BCUT2D eigenvalue weighted by Gasteiger charge is -2.15. The summed E-state index contributed by atoms with van der Waals surface area (Å²) in [5.74, 6) is -0.369. The monoisotopic (exact) mass is 511 g/mol. The summed E-state index contributed by atoms with van der Waals surface area (Å²) in [5, 5.41) is 2.91. The van der Waals surface area contributed by atoms with Crippen LogP contribution in [0.2, 0.25) is 5.02 Å². The molecule has 8 heteroatoms. The molecule has 1 aliphatic heterocycles. The highest BCUT2D eigenvalue weighted by Gasteiger charge is 2.21. The lowest BCUT2D eigenvalue weighted by Crippen LogP contribution is -2.23. The SMILES string of the molecule is Cc1cccc(NS(=O)(=O)c2cc(C(=O)NCc3ccc(CN4CCCC4)cc3)ccc2Cl)c1C. The minimum atomic E-state index is -3.99. The van der Waals surface area contributed by atoms with Crippen molar-refractivity contribution in [2.75, 3.05) is 17.8 Å². The summed E-state index contributed by atoms with van der Waals surface area (Å²) in [6, 6.07) is 17.9. The number of benzene rings is 3. The van der Waals surface area contributed by atoms with Gasteiger partial charge >= 0.3 is 0 Å². The lowest BCUT2D eigenvalue weighted by molar-refractivity contribution is 0.0950. The second-order valence-corrected chi connectivity index (χ2v) is 11.0. The van der Waals surface area contributed by atoms with Crippen LogP contribution >= 0.6 is 11.6 Å². The molecule has 0 radical (unpaired) electrons. The van der Waals surface area contributed by atoms with Gasteiger partial charge in [0.05, 0.1) is 10.7 Å². The van der Waals surface area contributed by atoms with E-state index in [-0.39, 0.29) is 21.4 Å². The van der Waals surface area contributed by atoms with Crippen molar-refractivity contribution in [2.24, 2.45) is 0 Å². The number of amides is 1. The average molecular weight is 512 g/mol. The molecule has 6 nitrogen and oxygen atoms in total. The van der Waals surface area contributed by atoms with Gasteiger partial charge in [-0.25, -0.2) is 8.42 Å². The number of carbonyl (C=O) groups is 1. The van der Waals surface area contributed by atoms with Gasteiger partial charge < -0.3 is 5.32 Å². The second kappa shape index (κ2) is 10.8. The van der Waals surface area contributed by atoms with Crippen LogP contribution < -0.4 is 10.0 Å². The number of nitrogens with zero attached hydrogens (tertiary/aromatic N) is 1. The molecule has 0 atom stereocenters. The number of nitrogens with one attached hydrogen (secondary N) is 2. The molecule has 0 unspecified atom stereocenters. The van der Waals surface area contributed by atoms with Crippen molar-refractivity contribution >= 4 is 33.2 Å². The van der Waals surface area contributed by atoms with Crippen LogP contribution in [0.4, 0.5) is 5.69 Å². The smallest absolute Gasteiger partial charge is 0.263 e. The first-order valence-electron chi connectivity index (χ1n) is 11.7. The molecule has 0 aliphatic carbocycles. The van der Waals surface area contributed by atoms with E-state index in [9.17, 15) is 13.2 Å². The largest absolute Gasteiger partial charge is 0.348 e. The zero-order chi connectivity index (χ0) is 25.0. The van der Waals surface area contributed by atoms with Gasteiger partial charge in [-0.15, -0.1) is 0 Å². The minimum Gasteiger partial charge on any atom is -0.348 e. The first-order valence-corrected chi connectivity index (χ1v) is 13.6. The zero-order valence-electron chi connectivity index (χ0n) is 20.0. The van der Waals surface area contributed by atoms with Gasteiger partial charge in [0.25, 0.3) is 15.9 Å². The number of hydrogen-bond donors (Lipinski definition) is 2. The van der Waals surface area contributed by atoms with Gasteiger partial charge in [0, 0.05) is 18.7 Å². The Morgan fingerprint density at radius 1 is 0.971 bits per heavy atom. The molecule has 0 saturated carbocycles. The van der Waals surface area contributed by atoms with E-state index in [4.69, 9.17) is 11.6 Å². The van der Waals surface area contributed by atoms with Crippen molar-refractivity contribution < 1.29 is 13.2 Å². The van der Waals surface area contributed by atoms with Crippen molar-refractivity contribution in [3.8, 4) is 0 Å². The highest BCUT2D eigenvalue weighted by molar-refractivity contribution is 7.92. The molecule has 1 aliphatic rings. The molecule has 0 aromatic heterocycles. The predicted molar refractivity (Wildman–Crippen MR) is 140 cm³/mol. The molecule has 3 aromatic rings. The summed E-state index contributed by atoms with van der Waals surface area (Å²) in [6.45, 7) is 7.34. The second-order valence-electron chi connectivity index (χ2n) is 8.98. The van der Waals surface area contributed by atoms with Crippen LogP contribution in [0.1, 0.15) is 45.5 Å². The molecule has 1 heterocycles. The molecule has 1 fully saturated rings. The summed E-state index contributed by atoms with van der Waals surface area (Å²) >= 11 is 6.22. The van der Waals surface area contributed by atoms with E-state index in [1.807, 2.05) is 32.0 Å². The van der Waals surface area contributed by atoms with E-state index in [1.54, 1.807) is 12.1 Å². The number of likely N-dealkylation sites (tertiary alicyclic amines) is 1. The highest BCUT2D eigenvalue weighted by Crippen LogP contribution is 2.27. The van der Waals surface area contributed by atoms with Gasteiger partial charge in [0.2, 0.25) is 0 Å². The van der Waals surface area contributed by atoms with Crippen LogP contribution in [0, 0.1) is 13.8 Å². The van der Waals surface area contributed by atoms with Gasteiger partial charge in [0.15, 0.2) is 0 Å². The predicted octanol–water partition coefficient (Wildman–Crippen LogP) is 5.28. The van der Waals surface area contributed by atoms with Gasteiger partial charge in [-0.05, 0) is 86.3 Å². The molecule has 35 heavy (non-hydrogen) atoms. The molecule has 3 aromatic carbocycles. The molecule has 4 rings (SSSR count). The molecule has 1 saturated heterocycles. The fourth-order valence-corrected chi connectivity index (χ4v) is 5.81. The maximum Gasteiger partial charge on any atom is 0.263 e. The van der Waals surface area contributed by atoms with Crippen molar-refractivity contribution in [1.29, 1.82) is 0 Å². The maximum absolute atomic E-state index is 13.1. The van der Waals surface area contributed by atoms with Crippen LogP contribution in [0.25, 0.3) is 0 Å². The standard InChI is InChI=1S/C27H30ClN3O3S/c1-19-6-5-7-25(20(19)2)30-35(33,34)26-16-23(12-13-24(26)28)27(32)29-17-21-8-10-22(11-9-21)18-31-14-3-4-15-31/h5-13,16,30H,3-4,14-15,17-18H2,1-2H3,(H,29,32). The first kappa shape index (κ1) is 25.2. The number of halogens is 1. The summed E-state index contributed by atoms with van der Waals surface area (Å²) in [5.41, 5.74) is 4.72. The number of hydrogen-bond acceptors (Lipinski definition) is 4. The van der Waals surface area contributed by atoms with Crippen LogP contribution in [0.15, 0.2) is 65.6 Å². The molecule has 0 bridgehead atoms. The number of aryl methyl sites for hydroxylation is 1. The average Bonchev–Trinajstić information content (AvgIpc) is 3.34. The molecule has 0 spiro atoms. The third-order valence-corrected chi connectivity index (χ3v) is 8.26. The van der Waals surface area contributed by atoms with E-state index < -0.39 is 10.0 Å². The van der Waals surface area contributed by atoms with Gasteiger partial charge in [-0.3, -0.25) is 14.4 Å². The Bertz CT molecular complexity index is 1320. The van der Waals surface area contributed by atoms with E-state index in [1.165, 1.54) is 36.6 Å². The summed E-state index contributed by atoms with van der Waals surface area (Å²) in [7, 11) is -3.99. The van der Waals surface area contributed by atoms with E-state index in [0.717, 1.165) is 36.3 Å². The fourth-order valence-electron chi connectivity index (χ4n) is 4.16. The Morgan fingerprint density at radius 3 is 2.37 bits per heavy atom. The Labute approximate surface area is 212 Å². The van der Waals surface area contributed by atoms with Gasteiger partial charge in [-0.2, -0.15) is 0 Å². The first-order chi connectivity index (χ1) is 16.7. The van der Waals surface area contributed by atoms with Crippen molar-refractivity contribution in [2.45, 2.75) is 44.7 Å². The zero-order valence-corrected chi connectivity index (χ0v) is 21.5. The molecular weight excluding hydrogens is 482 g/mol. The number of carbonyl (C=O) groups excluding carboxylic acids is 1. The molecular formula is C27H30ClN3O3S. The van der Waals surface area contributed by atoms with E-state index >= 15 is 0 Å². The maximum atomic E-state index is 13.1. The van der Waals surface area contributed by atoms with Gasteiger partial charge in [0.1, 0.15) is 4.90 Å². The summed E-state index contributed by atoms with van der Waals surface area (Å²) in [4.78, 5) is 15.1. The van der Waals surface area contributed by atoms with Crippen LogP contribution in [0.3, 0.4) is 0 Å². The van der Waals surface area contributed by atoms with Crippen LogP contribution in [-0.2, 0) is 23.1 Å². The quantitative estimate of drug-likeness (QED) is 0.431. The highest BCUT2D eigenvalue weighted by atomic mass is 35.5. The Kier molecular flexibility index (Phi) is 7.79. The Morgan fingerprint density at radius 2 is 1.66 bits per heavy atom. The fraction of sp³-hybridized carbons (Fsp3) is 0.296. The molecule has 184 valence electrons. The van der Waals surface area contributed by atoms with Crippen molar-refractivity contribution in [1.82, 2.24) is 10.2 Å². The summed E-state index contributed by atoms with van der Waals surface area (Å²) < 4.78 is 28.7. The Balaban J connectivity index is 1.43. The third-order valence-electron chi connectivity index (χ3n) is 6.41. The summed E-state index contributed by atoms with van der Waals surface area (Å²) in [6.07, 6.45) is 2.53. The lowest BCUT2D eigenvalue weighted by atomic mass is 10.1. The Hall–Kier alpha value is -2.87. The van der Waals surface area contributed by atoms with E-state index in [0.29, 0.717) is 12.2 Å². The molecule has 2 N–H and O–H groups in total. The normalized spacial score (nSPS) is 14.1. The van der Waals surface area contributed by atoms with E-state index in [2.05, 4.69) is 27.1 Å². The number of anilines is 1. The van der Waals surface area contributed by atoms with Gasteiger partial charge in [-0.1, -0.05) is 48.0 Å². The van der Waals surface area contributed by atoms with Crippen LogP contribution in [-0.4, -0.2) is 32.3 Å². The third kappa shape index (κ3) is 6.23. The minimum absolute atomic E-state index is 0.0490. The van der Waals surface area contributed by atoms with Crippen molar-refractivity contribution in [3.63, 3.8) is 0 Å². The number of sulfonamides is 1. The number of rotatable bonds is 8. The molecule has 1 amide bonds. The van der Waals surface area contributed by atoms with Crippen LogP contribution in [0.5, 0.6) is 0 Å².